The summed E-state index contributed by atoms with van der Waals surface area (Å²) >= 11 is 3.39. The standard InChI is InChI=1S/C14H16N2OS2/c1-11-15-13(10-18-11)7-16(2)8-14-6-12(9-19-14)4-3-5-17/h6,9-10,17H,5,7-8H2,1-2H3. The van der Waals surface area contributed by atoms with Crippen LogP contribution in [-0.4, -0.2) is 28.6 Å². The third kappa shape index (κ3) is 4.44. The van der Waals surface area contributed by atoms with E-state index in [0.29, 0.717) is 0 Å². The molecule has 0 radical (unpaired) electrons. The van der Waals surface area contributed by atoms with E-state index in [1.54, 1.807) is 22.7 Å². The predicted octanol–water partition coefficient (Wildman–Crippen LogP) is 2.49. The largest absolute Gasteiger partial charge is 0.384 e. The van der Waals surface area contributed by atoms with Gasteiger partial charge in [0.1, 0.15) is 6.61 Å². The number of hydrogen-bond donors (Lipinski definition) is 1. The van der Waals surface area contributed by atoms with Crippen molar-refractivity contribution in [2.24, 2.45) is 0 Å². The quantitative estimate of drug-likeness (QED) is 0.880. The first kappa shape index (κ1) is 14.2. The molecule has 2 heterocycles. The molecule has 100 valence electrons. The molecule has 0 unspecified atom stereocenters. The summed E-state index contributed by atoms with van der Waals surface area (Å²) in [6.07, 6.45) is 0. The fourth-order valence-electron chi connectivity index (χ4n) is 1.75. The maximum atomic E-state index is 8.66. The Bertz CT molecular complexity index is 592. The Kier molecular flexibility index (Phi) is 5.11. The monoisotopic (exact) mass is 292 g/mol. The molecule has 0 amide bonds. The molecule has 1 N–H and O–H groups in total. The van der Waals surface area contributed by atoms with Crippen LogP contribution in [0, 0.1) is 18.8 Å². The van der Waals surface area contributed by atoms with Gasteiger partial charge in [-0.3, -0.25) is 4.90 Å². The second-order valence-corrected chi connectivity index (χ2v) is 6.35. The molecule has 3 nitrogen and oxygen atoms in total. The molecule has 2 aromatic rings. The van der Waals surface area contributed by atoms with Crippen LogP contribution in [0.2, 0.25) is 0 Å². The van der Waals surface area contributed by atoms with Gasteiger partial charge >= 0.3 is 0 Å². The van der Waals surface area contributed by atoms with Crippen molar-refractivity contribution >= 4 is 22.7 Å². The van der Waals surface area contributed by atoms with Crippen LogP contribution in [0.1, 0.15) is 21.1 Å². The highest BCUT2D eigenvalue weighted by Gasteiger charge is 2.06. The summed E-state index contributed by atoms with van der Waals surface area (Å²) in [6.45, 7) is 3.69. The number of thiazole rings is 1. The predicted molar refractivity (Wildman–Crippen MR) is 80.3 cm³/mol. The number of thiophene rings is 1. The van der Waals surface area contributed by atoms with Crippen molar-refractivity contribution in [1.82, 2.24) is 9.88 Å². The molecule has 0 aliphatic heterocycles. The van der Waals surface area contributed by atoms with Gasteiger partial charge in [-0.25, -0.2) is 4.98 Å². The van der Waals surface area contributed by atoms with Crippen LogP contribution in [0.4, 0.5) is 0 Å². The van der Waals surface area contributed by atoms with Crippen LogP contribution in [0.25, 0.3) is 0 Å². The van der Waals surface area contributed by atoms with Crippen LogP contribution in [0.5, 0.6) is 0 Å². The third-order valence-corrected chi connectivity index (χ3v) is 4.23. The van der Waals surface area contributed by atoms with Crippen molar-refractivity contribution in [2.75, 3.05) is 13.7 Å². The molecular weight excluding hydrogens is 276 g/mol. The lowest BCUT2D eigenvalue weighted by atomic mass is 10.3. The van der Waals surface area contributed by atoms with Crippen molar-refractivity contribution in [3.05, 3.63) is 38.0 Å². The first-order chi connectivity index (χ1) is 9.17. The van der Waals surface area contributed by atoms with E-state index in [1.807, 2.05) is 12.3 Å². The van der Waals surface area contributed by atoms with Crippen LogP contribution in [0.15, 0.2) is 16.8 Å². The lowest BCUT2D eigenvalue weighted by Crippen LogP contribution is -2.16. The smallest absolute Gasteiger partial charge is 0.104 e. The average molecular weight is 292 g/mol. The Labute approximate surface area is 121 Å². The van der Waals surface area contributed by atoms with Crippen molar-refractivity contribution in [1.29, 1.82) is 0 Å². The number of aryl methyl sites for hydroxylation is 1. The molecule has 0 saturated carbocycles. The van der Waals surface area contributed by atoms with Crippen molar-refractivity contribution < 1.29 is 5.11 Å². The number of aliphatic hydroxyl groups excluding tert-OH is 1. The molecule has 0 spiro atoms. The number of hydrogen-bond acceptors (Lipinski definition) is 5. The van der Waals surface area contributed by atoms with Gasteiger partial charge in [-0.1, -0.05) is 11.8 Å². The van der Waals surface area contributed by atoms with Crippen LogP contribution < -0.4 is 0 Å². The molecule has 0 atom stereocenters. The van der Waals surface area contributed by atoms with Gasteiger partial charge < -0.3 is 5.11 Å². The zero-order valence-electron chi connectivity index (χ0n) is 11.0. The van der Waals surface area contributed by atoms with Gasteiger partial charge in [0.25, 0.3) is 0 Å². The summed E-state index contributed by atoms with van der Waals surface area (Å²) in [6, 6.07) is 2.08. The highest BCUT2D eigenvalue weighted by atomic mass is 32.1. The highest BCUT2D eigenvalue weighted by molar-refractivity contribution is 7.10. The van der Waals surface area contributed by atoms with Crippen LogP contribution in [-0.2, 0) is 13.1 Å². The normalized spacial score (nSPS) is 10.5. The number of rotatable bonds is 4. The van der Waals surface area contributed by atoms with Crippen LogP contribution >= 0.6 is 22.7 Å². The summed E-state index contributed by atoms with van der Waals surface area (Å²) in [5.41, 5.74) is 2.11. The molecule has 0 aliphatic carbocycles. The van der Waals surface area contributed by atoms with E-state index in [-0.39, 0.29) is 6.61 Å². The second-order valence-electron chi connectivity index (χ2n) is 4.29. The second kappa shape index (κ2) is 6.83. The number of nitrogens with zero attached hydrogens (tertiary/aromatic N) is 2. The van der Waals surface area contributed by atoms with Crippen molar-refractivity contribution in [3.63, 3.8) is 0 Å². The fourth-order valence-corrected chi connectivity index (χ4v) is 3.25. The molecule has 2 rings (SSSR count). The summed E-state index contributed by atoms with van der Waals surface area (Å²) in [4.78, 5) is 7.98. The van der Waals surface area contributed by atoms with E-state index >= 15 is 0 Å². The van der Waals surface area contributed by atoms with E-state index in [4.69, 9.17) is 5.11 Å². The average Bonchev–Trinajstić information content (AvgIpc) is 2.96. The van der Waals surface area contributed by atoms with Crippen molar-refractivity contribution in [3.8, 4) is 11.8 Å². The van der Waals surface area contributed by atoms with Crippen LogP contribution in [0.3, 0.4) is 0 Å². The van der Waals surface area contributed by atoms with E-state index < -0.39 is 0 Å². The Hall–Kier alpha value is -1.19. The van der Waals surface area contributed by atoms with Gasteiger partial charge in [-0.15, -0.1) is 22.7 Å². The molecule has 0 saturated heterocycles. The maximum absolute atomic E-state index is 8.66. The van der Waals surface area contributed by atoms with E-state index in [0.717, 1.165) is 29.4 Å². The summed E-state index contributed by atoms with van der Waals surface area (Å²) in [7, 11) is 2.09. The minimum Gasteiger partial charge on any atom is -0.384 e. The molecule has 5 heteroatoms. The third-order valence-electron chi connectivity index (χ3n) is 2.49. The Morgan fingerprint density at radius 3 is 2.84 bits per heavy atom. The summed E-state index contributed by atoms with van der Waals surface area (Å²) in [5.74, 6) is 5.59. The molecule has 0 aromatic carbocycles. The number of aliphatic hydroxyl groups is 1. The topological polar surface area (TPSA) is 36.4 Å². The minimum atomic E-state index is -0.0890. The number of aromatic nitrogens is 1. The molecular formula is C14H16N2OS2. The Morgan fingerprint density at radius 2 is 2.16 bits per heavy atom. The van der Waals surface area contributed by atoms with Crippen molar-refractivity contribution in [2.45, 2.75) is 20.0 Å². The lowest BCUT2D eigenvalue weighted by molar-refractivity contribution is 0.318. The molecule has 0 bridgehead atoms. The first-order valence-corrected chi connectivity index (χ1v) is 7.70. The zero-order chi connectivity index (χ0) is 13.7. The van der Waals surface area contributed by atoms with Gasteiger partial charge in [0.2, 0.25) is 0 Å². The van der Waals surface area contributed by atoms with E-state index in [9.17, 15) is 0 Å². The Balaban J connectivity index is 1.91. The van der Waals surface area contributed by atoms with Gasteiger partial charge in [0.05, 0.1) is 10.7 Å². The zero-order valence-corrected chi connectivity index (χ0v) is 12.6. The Morgan fingerprint density at radius 1 is 1.32 bits per heavy atom. The van der Waals surface area contributed by atoms with Gasteiger partial charge in [-0.2, -0.15) is 0 Å². The molecule has 19 heavy (non-hydrogen) atoms. The van der Waals surface area contributed by atoms with Gasteiger partial charge in [-0.05, 0) is 20.0 Å². The first-order valence-electron chi connectivity index (χ1n) is 5.94. The fraction of sp³-hybridized carbons (Fsp3) is 0.357. The molecule has 0 aliphatic rings. The summed E-state index contributed by atoms with van der Waals surface area (Å²) < 4.78 is 0. The van der Waals surface area contributed by atoms with Gasteiger partial charge in [0.15, 0.2) is 0 Å². The van der Waals surface area contributed by atoms with E-state index in [2.05, 4.69) is 40.2 Å². The molecule has 2 aromatic heterocycles. The van der Waals surface area contributed by atoms with E-state index in [1.165, 1.54) is 4.88 Å². The molecule has 0 fully saturated rings. The lowest BCUT2D eigenvalue weighted by Gasteiger charge is -2.13. The summed E-state index contributed by atoms with van der Waals surface area (Å²) in [5, 5.41) is 13.9. The highest BCUT2D eigenvalue weighted by Crippen LogP contribution is 2.17. The SMILES string of the molecule is Cc1nc(CN(C)Cc2cc(C#CCO)cs2)cs1. The minimum absolute atomic E-state index is 0.0890. The maximum Gasteiger partial charge on any atom is 0.104 e. The van der Waals surface area contributed by atoms with Gasteiger partial charge in [0, 0.05) is 34.3 Å².